The van der Waals surface area contributed by atoms with Crippen LogP contribution in [0, 0.1) is 0 Å². The molecule has 0 saturated heterocycles. The van der Waals surface area contributed by atoms with E-state index in [0.29, 0.717) is 17.8 Å². The second kappa shape index (κ2) is 8.94. The monoisotopic (exact) mass is 423 g/mol. The van der Waals surface area contributed by atoms with Crippen LogP contribution in [0.5, 0.6) is 0 Å². The average molecular weight is 424 g/mol. The molecule has 2 rings (SSSR count). The van der Waals surface area contributed by atoms with E-state index in [9.17, 15) is 26.3 Å². The first-order chi connectivity index (χ1) is 11.1. The predicted octanol–water partition coefficient (Wildman–Crippen LogP) is 5.81. The van der Waals surface area contributed by atoms with Crippen molar-refractivity contribution < 1.29 is 43.4 Å². The van der Waals surface area contributed by atoms with E-state index in [1.807, 2.05) is 0 Å². The predicted molar refractivity (Wildman–Crippen MR) is 75.2 cm³/mol. The number of alkyl halides is 6. The molecule has 0 aliphatic heterocycles. The zero-order valence-electron chi connectivity index (χ0n) is 11.5. The van der Waals surface area contributed by atoms with Gasteiger partial charge in [0.05, 0.1) is 16.8 Å². The summed E-state index contributed by atoms with van der Waals surface area (Å²) >= 11 is -0.556. The zero-order valence-corrected chi connectivity index (χ0v) is 14.5. The summed E-state index contributed by atoms with van der Waals surface area (Å²) in [6.07, 6.45) is -7.25. The Hall–Kier alpha value is -0.956. The van der Waals surface area contributed by atoms with E-state index in [1.54, 1.807) is 6.07 Å². The third-order valence-corrected chi connectivity index (χ3v) is 2.49. The van der Waals surface area contributed by atoms with E-state index in [-0.39, 0.29) is 6.07 Å². The van der Waals surface area contributed by atoms with Crippen LogP contribution in [0.4, 0.5) is 32.0 Å². The fourth-order valence-corrected chi connectivity index (χ4v) is 1.54. The molecule has 130 valence electrons. The van der Waals surface area contributed by atoms with Gasteiger partial charge in [0.15, 0.2) is 0 Å². The molecule has 1 aromatic heterocycles. The Morgan fingerprint density at radius 3 is 1.83 bits per heavy atom. The number of benzene rings is 1. The second-order valence-corrected chi connectivity index (χ2v) is 6.73. The second-order valence-electron chi connectivity index (χ2n) is 4.16. The fourth-order valence-electron chi connectivity index (χ4n) is 1.54. The standard InChI is InChI=1S/C13H7F6N2.2ClH.Ti/c14-12(15,16)8-4-9(13(17,18)19)6-11(5-8)21-7-10-2-1-3-20-10;;;/h1-7H;2*1H;/q-1;;;+2/p-2. The minimum atomic E-state index is -4.88. The van der Waals surface area contributed by atoms with Gasteiger partial charge < -0.3 is 4.98 Å². The van der Waals surface area contributed by atoms with Gasteiger partial charge in [-0.1, -0.05) is 12.1 Å². The number of aromatic nitrogens is 1. The molecule has 0 bridgehead atoms. The zero-order chi connectivity index (χ0) is 18.4. The van der Waals surface area contributed by atoms with Crippen molar-refractivity contribution in [2.24, 2.45) is 4.99 Å². The Labute approximate surface area is 149 Å². The van der Waals surface area contributed by atoms with Crippen LogP contribution in [-0.2, 0) is 29.4 Å². The van der Waals surface area contributed by atoms with Crippen molar-refractivity contribution in [1.82, 2.24) is 4.98 Å². The summed E-state index contributed by atoms with van der Waals surface area (Å²) < 4.78 is 75.7. The molecule has 24 heavy (non-hydrogen) atoms. The molecule has 0 saturated carbocycles. The summed E-state index contributed by atoms with van der Waals surface area (Å²) in [5.74, 6) is 0. The first kappa shape index (κ1) is 21.1. The van der Waals surface area contributed by atoms with Crippen LogP contribution in [0.2, 0.25) is 0 Å². The van der Waals surface area contributed by atoms with Gasteiger partial charge in [-0.2, -0.15) is 32.5 Å². The maximum atomic E-state index is 12.6. The molecule has 0 fully saturated rings. The molecule has 0 N–H and O–H groups in total. The van der Waals surface area contributed by atoms with Crippen LogP contribution in [0.1, 0.15) is 16.8 Å². The maximum absolute atomic E-state index is 12.6. The van der Waals surface area contributed by atoms with Gasteiger partial charge in [-0.3, -0.25) is 4.99 Å². The van der Waals surface area contributed by atoms with Gasteiger partial charge in [0.2, 0.25) is 0 Å². The van der Waals surface area contributed by atoms with Gasteiger partial charge in [-0.25, -0.2) is 0 Å². The van der Waals surface area contributed by atoms with Crippen LogP contribution < -0.4 is 4.98 Å². The van der Waals surface area contributed by atoms with Crippen LogP contribution in [0.25, 0.3) is 0 Å². The summed E-state index contributed by atoms with van der Waals surface area (Å²) in [7, 11) is 9.78. The van der Waals surface area contributed by atoms with Gasteiger partial charge in [-0.05, 0) is 18.2 Å². The van der Waals surface area contributed by atoms with Crippen LogP contribution in [0.15, 0.2) is 41.5 Å². The first-order valence-corrected chi connectivity index (χ1v) is 10.2. The van der Waals surface area contributed by atoms with Gasteiger partial charge >= 0.3 is 48.0 Å². The Balaban J connectivity index is 0.000000891. The van der Waals surface area contributed by atoms with Crippen molar-refractivity contribution in [2.75, 3.05) is 0 Å². The molecule has 2 nitrogen and oxygen atoms in total. The van der Waals surface area contributed by atoms with Gasteiger partial charge in [0.25, 0.3) is 0 Å². The Morgan fingerprint density at radius 1 is 0.958 bits per heavy atom. The number of nitrogens with zero attached hydrogens (tertiary/aromatic N) is 2. The van der Waals surface area contributed by atoms with Crippen molar-refractivity contribution in [2.45, 2.75) is 12.4 Å². The van der Waals surface area contributed by atoms with Crippen LogP contribution >= 0.6 is 18.6 Å². The normalized spacial score (nSPS) is 12.0. The minimum absolute atomic E-state index is 0.0553. The molecule has 2 aromatic rings. The molecule has 0 aliphatic carbocycles. The first-order valence-electron chi connectivity index (χ1n) is 5.95. The summed E-state index contributed by atoms with van der Waals surface area (Å²) in [6, 6.07) is 4.24. The molecular formula is C13H7Cl2F6N2Ti-. The Kier molecular flexibility index (Phi) is 7.86. The molecule has 0 radical (unpaired) electrons. The van der Waals surface area contributed by atoms with E-state index < -0.39 is 46.2 Å². The average Bonchev–Trinajstić information content (AvgIpc) is 2.97. The molecule has 11 heteroatoms. The summed E-state index contributed by atoms with van der Waals surface area (Å²) in [6.45, 7) is 0. The molecule has 0 atom stereocenters. The molecule has 0 spiro atoms. The number of hydrogen-bond donors (Lipinski definition) is 0. The van der Waals surface area contributed by atoms with Crippen LogP contribution in [-0.4, -0.2) is 6.21 Å². The van der Waals surface area contributed by atoms with Gasteiger partial charge in [0, 0.05) is 6.21 Å². The summed E-state index contributed by atoms with van der Waals surface area (Å²) in [5, 5.41) is 0. The number of hydrogen-bond acceptors (Lipinski definition) is 1. The third-order valence-electron chi connectivity index (χ3n) is 2.49. The van der Waals surface area contributed by atoms with Crippen LogP contribution in [0.3, 0.4) is 0 Å². The van der Waals surface area contributed by atoms with E-state index >= 15 is 0 Å². The molecule has 1 heterocycles. The number of aliphatic imine (C=N–C) groups is 1. The van der Waals surface area contributed by atoms with Gasteiger partial charge in [0.1, 0.15) is 0 Å². The number of halogens is 8. The topological polar surface area (TPSA) is 26.5 Å². The molecule has 0 aliphatic rings. The SMILES string of the molecule is FC(F)(F)c1cc(N=Cc2ccc[n-]2)cc(C(F)(F)F)c1.[Cl][Ti][Cl]. The Morgan fingerprint density at radius 2 is 1.46 bits per heavy atom. The summed E-state index contributed by atoms with van der Waals surface area (Å²) in [5.41, 5.74) is -2.92. The van der Waals surface area contributed by atoms with Crippen molar-refractivity contribution >= 4 is 30.5 Å². The van der Waals surface area contributed by atoms with Crippen molar-refractivity contribution in [3.8, 4) is 0 Å². The summed E-state index contributed by atoms with van der Waals surface area (Å²) in [4.78, 5) is 7.39. The molecule has 1 aromatic carbocycles. The molecule has 0 unspecified atom stereocenters. The van der Waals surface area contributed by atoms with Gasteiger partial charge in [-0.15, -0.1) is 5.69 Å². The van der Waals surface area contributed by atoms with E-state index in [4.69, 9.17) is 18.6 Å². The fraction of sp³-hybridized carbons (Fsp3) is 0.154. The van der Waals surface area contributed by atoms with E-state index in [1.165, 1.54) is 12.3 Å². The quantitative estimate of drug-likeness (QED) is 0.340. The van der Waals surface area contributed by atoms with E-state index in [2.05, 4.69) is 9.98 Å². The number of rotatable bonds is 2. The third kappa shape index (κ3) is 6.88. The van der Waals surface area contributed by atoms with Crippen molar-refractivity contribution in [1.29, 1.82) is 0 Å². The van der Waals surface area contributed by atoms with E-state index in [0.717, 1.165) is 6.21 Å². The Bertz CT molecular complexity index is 636. The molecule has 0 amide bonds. The molecular weight excluding hydrogens is 417 g/mol. The van der Waals surface area contributed by atoms with Crippen molar-refractivity contribution in [3.63, 3.8) is 0 Å². The van der Waals surface area contributed by atoms with Crippen molar-refractivity contribution in [3.05, 3.63) is 53.3 Å².